The average molecular weight is 554 g/mol. The molecule has 3 rings (SSSR count). The smallest absolute Gasteiger partial charge is 0.326 e. The van der Waals surface area contributed by atoms with E-state index < -0.39 is 47.9 Å². The SMILES string of the molecule is CCC(C)C(NC(=O)C(N)Cc1cnc[nH]1)C(=O)NC(C(=O)NC(Cc1c[nH]c2ccccc12)C(=O)O)C(C)C. The molecular formula is C28H39N7O5. The number of rotatable bonds is 14. The third-order valence-electron chi connectivity index (χ3n) is 7.09. The van der Waals surface area contributed by atoms with E-state index in [-0.39, 0.29) is 24.7 Å². The van der Waals surface area contributed by atoms with Crippen molar-refractivity contribution < 1.29 is 24.3 Å². The van der Waals surface area contributed by atoms with Crippen molar-refractivity contribution in [2.45, 2.75) is 71.1 Å². The van der Waals surface area contributed by atoms with E-state index in [0.717, 1.165) is 16.5 Å². The van der Waals surface area contributed by atoms with Crippen LogP contribution < -0.4 is 21.7 Å². The summed E-state index contributed by atoms with van der Waals surface area (Å²) in [6.07, 6.45) is 5.64. The van der Waals surface area contributed by atoms with Crippen LogP contribution in [0.1, 0.15) is 45.4 Å². The summed E-state index contributed by atoms with van der Waals surface area (Å²) in [7, 11) is 0. The van der Waals surface area contributed by atoms with Gasteiger partial charge < -0.3 is 36.8 Å². The Morgan fingerprint density at radius 1 is 0.950 bits per heavy atom. The number of H-pyrrole nitrogens is 2. The van der Waals surface area contributed by atoms with E-state index in [1.54, 1.807) is 26.2 Å². The molecule has 0 saturated carbocycles. The van der Waals surface area contributed by atoms with E-state index in [2.05, 4.69) is 30.9 Å². The standard InChI is InChI=1S/C28H39N7O5/c1-5-16(4)24(35-25(36)20(29)11-18-13-30-14-32-18)27(38)34-23(15(2)3)26(37)33-22(28(39)40)10-17-12-31-21-9-7-6-8-19(17)21/h6-9,12-16,20,22-24,31H,5,10-11,29H2,1-4H3,(H,30,32)(H,33,37)(H,34,38)(H,35,36)(H,39,40). The summed E-state index contributed by atoms with van der Waals surface area (Å²) < 4.78 is 0. The Balaban J connectivity index is 1.70. The molecule has 1 aromatic carbocycles. The van der Waals surface area contributed by atoms with Gasteiger partial charge in [-0.1, -0.05) is 52.3 Å². The maximum absolute atomic E-state index is 13.4. The number of aromatic nitrogens is 3. The lowest BCUT2D eigenvalue weighted by molar-refractivity contribution is -0.142. The third kappa shape index (κ3) is 7.69. The van der Waals surface area contributed by atoms with Crippen molar-refractivity contribution in [2.24, 2.45) is 17.6 Å². The van der Waals surface area contributed by atoms with E-state index in [1.165, 1.54) is 6.33 Å². The predicted octanol–water partition coefficient (Wildman–Crippen LogP) is 1.24. The first-order valence-electron chi connectivity index (χ1n) is 13.4. The average Bonchev–Trinajstić information content (AvgIpc) is 3.58. The summed E-state index contributed by atoms with van der Waals surface area (Å²) in [5.74, 6) is -3.49. The molecule has 0 bridgehead atoms. The van der Waals surface area contributed by atoms with Crippen LogP contribution in [0.3, 0.4) is 0 Å². The first-order chi connectivity index (χ1) is 19.0. The van der Waals surface area contributed by atoms with E-state index in [4.69, 9.17) is 5.73 Å². The number of hydrogen-bond acceptors (Lipinski definition) is 6. The first kappa shape index (κ1) is 30.4. The molecule has 2 aromatic heterocycles. The number of carboxylic acid groups (broad SMARTS) is 1. The Hall–Kier alpha value is -4.19. The molecule has 3 amide bonds. The molecule has 12 heteroatoms. The zero-order chi connectivity index (χ0) is 29.4. The highest BCUT2D eigenvalue weighted by molar-refractivity contribution is 5.94. The lowest BCUT2D eigenvalue weighted by Gasteiger charge is -2.29. The summed E-state index contributed by atoms with van der Waals surface area (Å²) in [6, 6.07) is 3.39. The van der Waals surface area contributed by atoms with Crippen LogP contribution in [-0.2, 0) is 32.0 Å². The molecule has 2 heterocycles. The molecule has 0 aliphatic heterocycles. The molecule has 8 N–H and O–H groups in total. The first-order valence-corrected chi connectivity index (χ1v) is 13.4. The summed E-state index contributed by atoms with van der Waals surface area (Å²) in [5, 5.41) is 18.8. The molecule has 12 nitrogen and oxygen atoms in total. The van der Waals surface area contributed by atoms with E-state index in [9.17, 15) is 24.3 Å². The number of carbonyl (C=O) groups is 4. The largest absolute Gasteiger partial charge is 0.480 e. The Morgan fingerprint density at radius 2 is 1.62 bits per heavy atom. The van der Waals surface area contributed by atoms with Crippen molar-refractivity contribution in [3.63, 3.8) is 0 Å². The van der Waals surface area contributed by atoms with Gasteiger partial charge in [-0.3, -0.25) is 14.4 Å². The number of carboxylic acids is 1. The van der Waals surface area contributed by atoms with Crippen LogP contribution in [-0.4, -0.2) is 67.9 Å². The van der Waals surface area contributed by atoms with Crippen LogP contribution in [0, 0.1) is 11.8 Å². The maximum atomic E-state index is 13.4. The minimum atomic E-state index is -1.21. The van der Waals surface area contributed by atoms with Gasteiger partial charge in [0.05, 0.1) is 12.4 Å². The Morgan fingerprint density at radius 3 is 2.25 bits per heavy atom. The molecule has 216 valence electrons. The van der Waals surface area contributed by atoms with Crippen molar-refractivity contribution >= 4 is 34.6 Å². The van der Waals surface area contributed by atoms with Gasteiger partial charge in [-0.05, 0) is 23.5 Å². The van der Waals surface area contributed by atoms with Crippen LogP contribution >= 0.6 is 0 Å². The van der Waals surface area contributed by atoms with Crippen molar-refractivity contribution in [1.82, 2.24) is 30.9 Å². The number of benzene rings is 1. The monoisotopic (exact) mass is 553 g/mol. The quantitative estimate of drug-likeness (QED) is 0.156. The van der Waals surface area contributed by atoms with Crippen molar-refractivity contribution in [3.8, 4) is 0 Å². The molecule has 0 spiro atoms. The number of hydrogen-bond donors (Lipinski definition) is 7. The summed E-state index contributed by atoms with van der Waals surface area (Å²) in [4.78, 5) is 61.5. The number of aliphatic carboxylic acids is 1. The minimum Gasteiger partial charge on any atom is -0.480 e. The molecule has 3 aromatic rings. The Kier molecular flexibility index (Phi) is 10.4. The van der Waals surface area contributed by atoms with Gasteiger partial charge in [0, 0.05) is 41.8 Å². The summed E-state index contributed by atoms with van der Waals surface area (Å²) >= 11 is 0. The summed E-state index contributed by atoms with van der Waals surface area (Å²) in [5.41, 5.74) is 8.35. The number of imidazole rings is 1. The molecule has 40 heavy (non-hydrogen) atoms. The fourth-order valence-corrected chi connectivity index (χ4v) is 4.45. The van der Waals surface area contributed by atoms with Crippen molar-refractivity contribution in [3.05, 3.63) is 54.2 Å². The van der Waals surface area contributed by atoms with Gasteiger partial charge in [0.15, 0.2) is 0 Å². The lowest BCUT2D eigenvalue weighted by Crippen LogP contribution is -2.60. The highest BCUT2D eigenvalue weighted by atomic mass is 16.4. The van der Waals surface area contributed by atoms with Crippen LogP contribution in [0.15, 0.2) is 43.0 Å². The number of carbonyl (C=O) groups excluding carboxylic acids is 3. The van der Waals surface area contributed by atoms with Crippen LogP contribution in [0.25, 0.3) is 10.9 Å². The van der Waals surface area contributed by atoms with Gasteiger partial charge in [-0.25, -0.2) is 9.78 Å². The number of para-hydroxylation sites is 1. The third-order valence-corrected chi connectivity index (χ3v) is 7.09. The second-order valence-corrected chi connectivity index (χ2v) is 10.5. The second kappa shape index (κ2) is 13.7. The second-order valence-electron chi connectivity index (χ2n) is 10.5. The van der Waals surface area contributed by atoms with Crippen LogP contribution in [0.2, 0.25) is 0 Å². The number of fused-ring (bicyclic) bond motifs is 1. The van der Waals surface area contributed by atoms with Gasteiger partial charge in [-0.2, -0.15) is 0 Å². The molecule has 0 aliphatic rings. The molecule has 0 radical (unpaired) electrons. The zero-order valence-corrected chi connectivity index (χ0v) is 23.2. The molecule has 0 fully saturated rings. The number of amides is 3. The van der Waals surface area contributed by atoms with Gasteiger partial charge >= 0.3 is 5.97 Å². The normalized spacial score (nSPS) is 15.2. The van der Waals surface area contributed by atoms with Gasteiger partial charge in [0.25, 0.3) is 0 Å². The highest BCUT2D eigenvalue weighted by Gasteiger charge is 2.34. The van der Waals surface area contributed by atoms with Crippen molar-refractivity contribution in [2.75, 3.05) is 0 Å². The van der Waals surface area contributed by atoms with Crippen molar-refractivity contribution in [1.29, 1.82) is 0 Å². The molecule has 0 saturated heterocycles. The molecular weight excluding hydrogens is 514 g/mol. The predicted molar refractivity (Wildman–Crippen MR) is 150 cm³/mol. The Bertz CT molecular complexity index is 1300. The highest BCUT2D eigenvalue weighted by Crippen LogP contribution is 2.19. The molecule has 0 aliphatic carbocycles. The number of nitrogens with zero attached hydrogens (tertiary/aromatic N) is 1. The zero-order valence-electron chi connectivity index (χ0n) is 23.2. The van der Waals surface area contributed by atoms with Gasteiger partial charge in [-0.15, -0.1) is 0 Å². The van der Waals surface area contributed by atoms with Crippen LogP contribution in [0.4, 0.5) is 0 Å². The fraction of sp³-hybridized carbons (Fsp3) is 0.464. The van der Waals surface area contributed by atoms with Crippen LogP contribution in [0.5, 0.6) is 0 Å². The Labute approximate surface area is 232 Å². The fourth-order valence-electron chi connectivity index (χ4n) is 4.45. The molecule has 5 unspecified atom stereocenters. The minimum absolute atomic E-state index is 0.0591. The van der Waals surface area contributed by atoms with Gasteiger partial charge in [0.2, 0.25) is 17.7 Å². The van der Waals surface area contributed by atoms with E-state index >= 15 is 0 Å². The van der Waals surface area contributed by atoms with E-state index in [1.807, 2.05) is 38.1 Å². The maximum Gasteiger partial charge on any atom is 0.326 e. The number of nitrogens with two attached hydrogens (primary N) is 1. The van der Waals surface area contributed by atoms with E-state index in [0.29, 0.717) is 12.1 Å². The lowest BCUT2D eigenvalue weighted by atomic mass is 9.95. The topological polar surface area (TPSA) is 195 Å². The molecule has 5 atom stereocenters. The number of aromatic amines is 2. The summed E-state index contributed by atoms with van der Waals surface area (Å²) in [6.45, 7) is 7.20. The number of nitrogens with one attached hydrogen (secondary N) is 5. The van der Waals surface area contributed by atoms with Gasteiger partial charge in [0.1, 0.15) is 18.1 Å².